The van der Waals surface area contributed by atoms with Crippen LogP contribution < -0.4 is 15.4 Å². The minimum Gasteiger partial charge on any atom is -0.468 e. The van der Waals surface area contributed by atoms with Crippen LogP contribution in [0.25, 0.3) is 0 Å². The molecular formula is C21H33F3N4O2. The number of halogens is 3. The summed E-state index contributed by atoms with van der Waals surface area (Å²) in [6.07, 6.45) is -0.658. The highest BCUT2D eigenvalue weighted by Crippen LogP contribution is 2.33. The lowest BCUT2D eigenvalue weighted by molar-refractivity contribution is -0.154. The Kier molecular flexibility index (Phi) is 8.76. The topological polar surface area (TPSA) is 67.8 Å². The Bertz CT molecular complexity index is 690. The standard InChI is InChI=1S/C21H33F3N4O2/c1-5-25-19(28-13-16-7-6-10-29-18(16)20(2,3)4)27-12-15-8-9-26-17(11-15)30-14-21(22,23)24/h8-9,11,16,18H,5-7,10,12-14H2,1-4H3,(H2,25,27,28). The van der Waals surface area contributed by atoms with Crippen LogP contribution in [0.1, 0.15) is 46.1 Å². The molecule has 2 N–H and O–H groups in total. The Balaban J connectivity index is 1.97. The summed E-state index contributed by atoms with van der Waals surface area (Å²) in [6.45, 7) is 9.72. The third-order valence-electron chi connectivity index (χ3n) is 4.78. The van der Waals surface area contributed by atoms with Crippen LogP contribution in [0.3, 0.4) is 0 Å². The van der Waals surface area contributed by atoms with E-state index in [1.165, 1.54) is 12.3 Å². The van der Waals surface area contributed by atoms with Crippen LogP contribution in [0.5, 0.6) is 5.88 Å². The molecule has 1 aromatic rings. The molecule has 1 saturated heterocycles. The Labute approximate surface area is 176 Å². The van der Waals surface area contributed by atoms with Crippen molar-refractivity contribution in [2.75, 3.05) is 26.3 Å². The van der Waals surface area contributed by atoms with Gasteiger partial charge in [0.15, 0.2) is 12.6 Å². The normalized spacial score (nSPS) is 20.7. The van der Waals surface area contributed by atoms with Crippen molar-refractivity contribution in [2.45, 2.75) is 59.4 Å². The molecule has 1 aliphatic rings. The highest BCUT2D eigenvalue weighted by Gasteiger charge is 2.35. The van der Waals surface area contributed by atoms with Gasteiger partial charge in [-0.2, -0.15) is 13.2 Å². The highest BCUT2D eigenvalue weighted by atomic mass is 19.4. The van der Waals surface area contributed by atoms with E-state index in [2.05, 4.69) is 41.4 Å². The first-order chi connectivity index (χ1) is 14.1. The molecular weight excluding hydrogens is 397 g/mol. The number of alkyl halides is 3. The maximum Gasteiger partial charge on any atom is 0.422 e. The van der Waals surface area contributed by atoms with Crippen molar-refractivity contribution in [1.29, 1.82) is 0 Å². The van der Waals surface area contributed by atoms with E-state index in [-0.39, 0.29) is 17.4 Å². The monoisotopic (exact) mass is 430 g/mol. The van der Waals surface area contributed by atoms with Crippen LogP contribution in [-0.2, 0) is 11.3 Å². The number of aromatic nitrogens is 1. The summed E-state index contributed by atoms with van der Waals surface area (Å²) < 4.78 is 47.7. The number of guanidine groups is 1. The molecule has 0 amide bonds. The maximum absolute atomic E-state index is 12.3. The number of hydrogen-bond donors (Lipinski definition) is 2. The molecule has 2 heterocycles. The first kappa shape index (κ1) is 24.2. The lowest BCUT2D eigenvalue weighted by atomic mass is 9.78. The summed E-state index contributed by atoms with van der Waals surface area (Å²) >= 11 is 0. The van der Waals surface area contributed by atoms with Gasteiger partial charge in [0.05, 0.1) is 12.6 Å². The van der Waals surface area contributed by atoms with E-state index in [0.717, 1.165) is 26.0 Å². The predicted octanol–water partition coefficient (Wildman–Crippen LogP) is 3.92. The van der Waals surface area contributed by atoms with E-state index < -0.39 is 12.8 Å². The molecule has 0 bridgehead atoms. The molecule has 1 fully saturated rings. The van der Waals surface area contributed by atoms with Crippen molar-refractivity contribution in [3.8, 4) is 5.88 Å². The third-order valence-corrected chi connectivity index (χ3v) is 4.78. The smallest absolute Gasteiger partial charge is 0.422 e. The predicted molar refractivity (Wildman–Crippen MR) is 111 cm³/mol. The molecule has 0 aliphatic carbocycles. The minimum atomic E-state index is -4.40. The third kappa shape index (κ3) is 8.38. The Morgan fingerprint density at radius 1 is 1.30 bits per heavy atom. The van der Waals surface area contributed by atoms with Crippen molar-refractivity contribution < 1.29 is 22.6 Å². The van der Waals surface area contributed by atoms with Gasteiger partial charge >= 0.3 is 6.18 Å². The summed E-state index contributed by atoms with van der Waals surface area (Å²) in [5.41, 5.74) is 0.777. The minimum absolute atomic E-state index is 0.0616. The zero-order chi connectivity index (χ0) is 22.2. The molecule has 2 unspecified atom stereocenters. The number of aliphatic imine (C=N–C) groups is 1. The van der Waals surface area contributed by atoms with E-state index in [1.807, 2.05) is 6.92 Å². The van der Waals surface area contributed by atoms with Crippen molar-refractivity contribution in [1.82, 2.24) is 15.6 Å². The lowest BCUT2D eigenvalue weighted by Crippen LogP contribution is -2.47. The van der Waals surface area contributed by atoms with Gasteiger partial charge in [0.2, 0.25) is 5.88 Å². The van der Waals surface area contributed by atoms with Crippen molar-refractivity contribution >= 4 is 5.96 Å². The van der Waals surface area contributed by atoms with Crippen molar-refractivity contribution in [2.24, 2.45) is 16.3 Å². The van der Waals surface area contributed by atoms with Gasteiger partial charge in [0, 0.05) is 37.9 Å². The summed E-state index contributed by atoms with van der Waals surface area (Å²) in [5.74, 6) is 0.974. The second kappa shape index (κ2) is 10.8. The fourth-order valence-electron chi connectivity index (χ4n) is 3.53. The zero-order valence-electron chi connectivity index (χ0n) is 18.2. The van der Waals surface area contributed by atoms with Crippen LogP contribution in [0.2, 0.25) is 0 Å². The van der Waals surface area contributed by atoms with Crippen LogP contribution in [0, 0.1) is 11.3 Å². The molecule has 170 valence electrons. The van der Waals surface area contributed by atoms with Gasteiger partial charge in [-0.15, -0.1) is 0 Å². The fraction of sp³-hybridized carbons (Fsp3) is 0.714. The zero-order valence-corrected chi connectivity index (χ0v) is 18.2. The molecule has 2 atom stereocenters. The molecule has 2 rings (SSSR count). The summed E-state index contributed by atoms with van der Waals surface area (Å²) in [4.78, 5) is 8.37. The largest absolute Gasteiger partial charge is 0.468 e. The first-order valence-electron chi connectivity index (χ1n) is 10.4. The summed E-state index contributed by atoms with van der Waals surface area (Å²) in [5, 5.41) is 6.59. The average molecular weight is 431 g/mol. The van der Waals surface area contributed by atoms with E-state index >= 15 is 0 Å². The second-order valence-electron chi connectivity index (χ2n) is 8.54. The lowest BCUT2D eigenvalue weighted by Gasteiger charge is -2.40. The fourth-order valence-corrected chi connectivity index (χ4v) is 3.53. The van der Waals surface area contributed by atoms with Crippen molar-refractivity contribution in [3.63, 3.8) is 0 Å². The van der Waals surface area contributed by atoms with E-state index in [9.17, 15) is 13.2 Å². The van der Waals surface area contributed by atoms with Crippen LogP contribution in [-0.4, -0.2) is 49.5 Å². The SMILES string of the molecule is CCNC(=NCc1ccnc(OCC(F)(F)F)c1)NCC1CCCOC1C(C)(C)C. The number of nitrogens with zero attached hydrogens (tertiary/aromatic N) is 2. The van der Waals surface area contributed by atoms with Gasteiger partial charge in [-0.05, 0) is 36.8 Å². The molecule has 6 nitrogen and oxygen atoms in total. The quantitative estimate of drug-likeness (QED) is 0.507. The van der Waals surface area contributed by atoms with Crippen molar-refractivity contribution in [3.05, 3.63) is 23.9 Å². The van der Waals surface area contributed by atoms with Gasteiger partial charge in [-0.3, -0.25) is 0 Å². The molecule has 0 aromatic carbocycles. The highest BCUT2D eigenvalue weighted by molar-refractivity contribution is 5.79. The van der Waals surface area contributed by atoms with Gasteiger partial charge in [0.25, 0.3) is 0 Å². The molecule has 9 heteroatoms. The molecule has 30 heavy (non-hydrogen) atoms. The first-order valence-corrected chi connectivity index (χ1v) is 10.4. The second-order valence-corrected chi connectivity index (χ2v) is 8.54. The molecule has 0 radical (unpaired) electrons. The van der Waals surface area contributed by atoms with E-state index in [0.29, 0.717) is 30.5 Å². The molecule has 0 saturated carbocycles. The molecule has 1 aromatic heterocycles. The number of ether oxygens (including phenoxy) is 2. The van der Waals surface area contributed by atoms with E-state index in [4.69, 9.17) is 9.47 Å². The van der Waals surface area contributed by atoms with Crippen LogP contribution >= 0.6 is 0 Å². The maximum atomic E-state index is 12.3. The number of rotatable bonds is 7. The van der Waals surface area contributed by atoms with Gasteiger partial charge in [-0.25, -0.2) is 9.98 Å². The van der Waals surface area contributed by atoms with E-state index in [1.54, 1.807) is 6.07 Å². The number of hydrogen-bond acceptors (Lipinski definition) is 4. The average Bonchev–Trinajstić information content (AvgIpc) is 2.68. The Morgan fingerprint density at radius 3 is 2.73 bits per heavy atom. The number of pyridine rings is 1. The molecule has 0 spiro atoms. The number of nitrogens with one attached hydrogen (secondary N) is 2. The summed E-state index contributed by atoms with van der Waals surface area (Å²) in [7, 11) is 0. The van der Waals surface area contributed by atoms with Gasteiger partial charge in [-0.1, -0.05) is 20.8 Å². The summed E-state index contributed by atoms with van der Waals surface area (Å²) in [6, 6.07) is 3.18. The van der Waals surface area contributed by atoms with Gasteiger partial charge in [0.1, 0.15) is 0 Å². The Morgan fingerprint density at radius 2 is 2.07 bits per heavy atom. The molecule has 1 aliphatic heterocycles. The van der Waals surface area contributed by atoms with Crippen LogP contribution in [0.4, 0.5) is 13.2 Å². The van der Waals surface area contributed by atoms with Crippen LogP contribution in [0.15, 0.2) is 23.3 Å². The Hall–Kier alpha value is -2.03. The van der Waals surface area contributed by atoms with Gasteiger partial charge < -0.3 is 20.1 Å².